The van der Waals surface area contributed by atoms with Crippen LogP contribution < -0.4 is 10.2 Å². The molecule has 3 rings (SSSR count). The smallest absolute Gasteiger partial charge is 0.277 e. The second-order valence-corrected chi connectivity index (χ2v) is 7.60. The van der Waals surface area contributed by atoms with Crippen LogP contribution in [0.3, 0.4) is 0 Å². The zero-order valence-corrected chi connectivity index (χ0v) is 15.7. The van der Waals surface area contributed by atoms with Gasteiger partial charge in [-0.3, -0.25) is 9.59 Å². The Kier molecular flexibility index (Phi) is 5.69. The number of ketones is 1. The predicted molar refractivity (Wildman–Crippen MR) is 106 cm³/mol. The van der Waals surface area contributed by atoms with E-state index in [-0.39, 0.29) is 23.7 Å². The highest BCUT2D eigenvalue weighted by Crippen LogP contribution is 2.32. The van der Waals surface area contributed by atoms with Crippen molar-refractivity contribution in [3.63, 3.8) is 0 Å². The zero-order valence-electron chi connectivity index (χ0n) is 15.7. The van der Waals surface area contributed by atoms with Crippen molar-refractivity contribution < 1.29 is 14.3 Å². The second-order valence-electron chi connectivity index (χ2n) is 7.60. The Morgan fingerprint density at radius 1 is 1.07 bits per heavy atom. The molecule has 1 amide bonds. The number of nitrogens with one attached hydrogen (secondary N) is 1. The van der Waals surface area contributed by atoms with Gasteiger partial charge in [-0.15, -0.1) is 0 Å². The van der Waals surface area contributed by atoms with Crippen molar-refractivity contribution in [2.45, 2.75) is 33.1 Å². The summed E-state index contributed by atoms with van der Waals surface area (Å²) in [5.41, 5.74) is 5.07. The number of hydrogen-bond acceptors (Lipinski definition) is 4. The maximum absolute atomic E-state index is 12.1. The fourth-order valence-electron chi connectivity index (χ4n) is 3.35. The molecule has 2 aromatic rings. The Morgan fingerprint density at radius 2 is 1.78 bits per heavy atom. The highest BCUT2D eigenvalue weighted by Gasteiger charge is 2.30. The minimum absolute atomic E-state index is 0.107. The molecular weight excluding hydrogens is 340 g/mol. The molecule has 5 nitrogen and oxygen atoms in total. The first kappa shape index (κ1) is 18.8. The van der Waals surface area contributed by atoms with Crippen LogP contribution in [0.1, 0.15) is 33.1 Å². The fourth-order valence-corrected chi connectivity index (χ4v) is 3.35. The number of rotatable bonds is 5. The molecule has 2 aromatic carbocycles. The van der Waals surface area contributed by atoms with Crippen molar-refractivity contribution in [3.8, 4) is 16.9 Å². The van der Waals surface area contributed by atoms with Crippen LogP contribution in [-0.2, 0) is 9.59 Å². The molecule has 1 N–H and O–H groups in total. The number of Topliss-reactive ketones (excluding diaryl/α,β-unsaturated/α-hetero) is 1. The van der Waals surface area contributed by atoms with E-state index in [1.54, 1.807) is 0 Å². The third kappa shape index (κ3) is 5.26. The summed E-state index contributed by atoms with van der Waals surface area (Å²) in [6, 6.07) is 17.5. The van der Waals surface area contributed by atoms with Crippen LogP contribution >= 0.6 is 0 Å². The molecule has 0 heterocycles. The van der Waals surface area contributed by atoms with E-state index in [1.807, 2.05) is 68.4 Å². The standard InChI is InChI=1S/C22H24N2O3/c1-22(2)13-17(12-18(25)14-22)23-24-21(26)15-27-20-11-7-6-10-19(20)16-8-4-3-5-9-16/h3-11H,12-15H2,1-2H3,(H,24,26)/b23-17-. The lowest BCUT2D eigenvalue weighted by atomic mass is 9.76. The Balaban J connectivity index is 1.60. The van der Waals surface area contributed by atoms with Crippen molar-refractivity contribution in [2.24, 2.45) is 10.5 Å². The quantitative estimate of drug-likeness (QED) is 0.816. The highest BCUT2D eigenvalue weighted by atomic mass is 16.5. The summed E-state index contributed by atoms with van der Waals surface area (Å²) < 4.78 is 5.71. The van der Waals surface area contributed by atoms with Crippen molar-refractivity contribution in [1.82, 2.24) is 5.43 Å². The Morgan fingerprint density at radius 3 is 2.52 bits per heavy atom. The molecule has 1 fully saturated rings. The number of amides is 1. The molecule has 140 valence electrons. The molecule has 5 heteroatoms. The van der Waals surface area contributed by atoms with Gasteiger partial charge in [-0.2, -0.15) is 5.10 Å². The van der Waals surface area contributed by atoms with Gasteiger partial charge < -0.3 is 4.74 Å². The van der Waals surface area contributed by atoms with Gasteiger partial charge in [0.15, 0.2) is 6.61 Å². The van der Waals surface area contributed by atoms with Crippen LogP contribution in [0.15, 0.2) is 59.7 Å². The minimum Gasteiger partial charge on any atom is -0.483 e. The third-order valence-electron chi connectivity index (χ3n) is 4.43. The number of hydrazone groups is 1. The molecule has 1 aliphatic carbocycles. The van der Waals surface area contributed by atoms with E-state index in [1.165, 1.54) is 0 Å². The van der Waals surface area contributed by atoms with Crippen LogP contribution in [0, 0.1) is 5.41 Å². The van der Waals surface area contributed by atoms with Crippen LogP contribution in [0.4, 0.5) is 0 Å². The molecular formula is C22H24N2O3. The number of carbonyl (C=O) groups is 2. The summed E-state index contributed by atoms with van der Waals surface area (Å²) in [7, 11) is 0. The first-order chi connectivity index (χ1) is 12.9. The molecule has 0 unspecified atom stereocenters. The van der Waals surface area contributed by atoms with E-state index < -0.39 is 0 Å². The van der Waals surface area contributed by atoms with Crippen molar-refractivity contribution in [1.29, 1.82) is 0 Å². The maximum atomic E-state index is 12.1. The summed E-state index contributed by atoms with van der Waals surface area (Å²) in [6.07, 6.45) is 1.57. The lowest BCUT2D eigenvalue weighted by Crippen LogP contribution is -2.32. The van der Waals surface area contributed by atoms with E-state index in [2.05, 4.69) is 10.5 Å². The lowest BCUT2D eigenvalue weighted by molar-refractivity contribution is -0.123. The minimum atomic E-state index is -0.346. The van der Waals surface area contributed by atoms with Gasteiger partial charge in [-0.05, 0) is 23.5 Å². The summed E-state index contributed by atoms with van der Waals surface area (Å²) in [6.45, 7) is 3.92. The molecule has 0 radical (unpaired) electrons. The molecule has 0 aliphatic heterocycles. The monoisotopic (exact) mass is 364 g/mol. The van der Waals surface area contributed by atoms with Gasteiger partial charge in [-0.1, -0.05) is 62.4 Å². The van der Waals surface area contributed by atoms with Crippen LogP contribution in [0.25, 0.3) is 11.1 Å². The largest absolute Gasteiger partial charge is 0.483 e. The molecule has 1 aliphatic rings. The van der Waals surface area contributed by atoms with Gasteiger partial charge in [0, 0.05) is 24.1 Å². The van der Waals surface area contributed by atoms with E-state index in [0.717, 1.165) is 11.1 Å². The Bertz CT molecular complexity index is 857. The number of ether oxygens (including phenoxy) is 1. The zero-order chi connectivity index (χ0) is 19.3. The topological polar surface area (TPSA) is 67.8 Å². The SMILES string of the molecule is CC1(C)CC(=O)C/C(=N/NC(=O)COc2ccccc2-c2ccccc2)C1. The number of hydrogen-bond donors (Lipinski definition) is 1. The fraction of sp³-hybridized carbons (Fsp3) is 0.318. The maximum Gasteiger partial charge on any atom is 0.277 e. The van der Waals surface area contributed by atoms with Gasteiger partial charge in [0.25, 0.3) is 5.91 Å². The van der Waals surface area contributed by atoms with Gasteiger partial charge in [0.05, 0.1) is 0 Å². The second kappa shape index (κ2) is 8.16. The molecule has 0 atom stereocenters. The van der Waals surface area contributed by atoms with E-state index >= 15 is 0 Å². The molecule has 0 spiro atoms. The molecule has 0 aromatic heterocycles. The highest BCUT2D eigenvalue weighted by molar-refractivity contribution is 6.05. The summed E-state index contributed by atoms with van der Waals surface area (Å²) in [5, 5.41) is 4.14. The van der Waals surface area contributed by atoms with Crippen LogP contribution in [0.5, 0.6) is 5.75 Å². The third-order valence-corrected chi connectivity index (χ3v) is 4.43. The Labute approximate surface area is 159 Å². The molecule has 0 bridgehead atoms. The first-order valence-electron chi connectivity index (χ1n) is 9.06. The van der Waals surface area contributed by atoms with Crippen LogP contribution in [-0.4, -0.2) is 24.0 Å². The van der Waals surface area contributed by atoms with E-state index in [9.17, 15) is 9.59 Å². The van der Waals surface area contributed by atoms with Gasteiger partial charge in [0.1, 0.15) is 11.5 Å². The van der Waals surface area contributed by atoms with Crippen LogP contribution in [0.2, 0.25) is 0 Å². The molecule has 27 heavy (non-hydrogen) atoms. The van der Waals surface area contributed by atoms with E-state index in [4.69, 9.17) is 4.74 Å². The number of carbonyl (C=O) groups excluding carboxylic acids is 2. The number of nitrogens with zero attached hydrogens (tertiary/aromatic N) is 1. The van der Waals surface area contributed by atoms with Crippen molar-refractivity contribution >= 4 is 17.4 Å². The summed E-state index contributed by atoms with van der Waals surface area (Å²) >= 11 is 0. The van der Waals surface area contributed by atoms with Crippen molar-refractivity contribution in [2.75, 3.05) is 6.61 Å². The number of benzene rings is 2. The van der Waals surface area contributed by atoms with E-state index in [0.29, 0.717) is 30.7 Å². The van der Waals surface area contributed by atoms with Gasteiger partial charge >= 0.3 is 0 Å². The van der Waals surface area contributed by atoms with Gasteiger partial charge in [0.2, 0.25) is 0 Å². The molecule has 1 saturated carbocycles. The van der Waals surface area contributed by atoms with Gasteiger partial charge in [-0.25, -0.2) is 5.43 Å². The molecule has 0 saturated heterocycles. The summed E-state index contributed by atoms with van der Waals surface area (Å²) in [5.74, 6) is 0.453. The average molecular weight is 364 g/mol. The predicted octanol–water partition coefficient (Wildman–Crippen LogP) is 3.98. The average Bonchev–Trinajstić information content (AvgIpc) is 2.64. The first-order valence-corrected chi connectivity index (χ1v) is 9.06. The summed E-state index contributed by atoms with van der Waals surface area (Å²) in [4.78, 5) is 23.9. The normalized spacial score (nSPS) is 17.6. The Hall–Kier alpha value is -2.95. The number of para-hydroxylation sites is 1. The lowest BCUT2D eigenvalue weighted by Gasteiger charge is -2.28. The van der Waals surface area contributed by atoms with Crippen molar-refractivity contribution in [3.05, 3.63) is 54.6 Å².